The maximum Gasteiger partial charge on any atom is 0.0271 e. The van der Waals surface area contributed by atoms with Crippen molar-refractivity contribution in [2.45, 2.75) is 13.1 Å². The molecule has 0 aliphatic heterocycles. The smallest absolute Gasteiger partial charge is 0.0271 e. The number of fused-ring (bicyclic) bond motifs is 1. The Morgan fingerprint density at radius 3 is 2.45 bits per heavy atom. The molecule has 20 heavy (non-hydrogen) atoms. The molecule has 0 fully saturated rings. The summed E-state index contributed by atoms with van der Waals surface area (Å²) in [5, 5.41) is 2.65. The molecule has 3 aromatic rings. The fourth-order valence-corrected chi connectivity index (χ4v) is 2.58. The molecule has 2 nitrogen and oxygen atoms in total. The third-order valence-electron chi connectivity index (χ3n) is 3.52. The molecule has 1 heterocycles. The summed E-state index contributed by atoms with van der Waals surface area (Å²) in [6.07, 6.45) is 3.70. The summed E-state index contributed by atoms with van der Waals surface area (Å²) < 4.78 is 0. The van der Waals surface area contributed by atoms with Crippen LogP contribution in [0.15, 0.2) is 67.0 Å². The Bertz CT molecular complexity index is 687. The van der Waals surface area contributed by atoms with Crippen LogP contribution in [0, 0.1) is 0 Å². The van der Waals surface area contributed by atoms with Crippen molar-refractivity contribution < 1.29 is 0 Å². The molecule has 0 saturated carbocycles. The van der Waals surface area contributed by atoms with Gasteiger partial charge in [-0.05, 0) is 41.1 Å². The van der Waals surface area contributed by atoms with Gasteiger partial charge in [0.2, 0.25) is 0 Å². The number of hydrogen-bond acceptors (Lipinski definition) is 2. The third-order valence-corrected chi connectivity index (χ3v) is 3.52. The molecular weight excluding hydrogens is 244 g/mol. The second-order valence-corrected chi connectivity index (χ2v) is 5.17. The number of nitrogens with zero attached hydrogens (tertiary/aromatic N) is 2. The Morgan fingerprint density at radius 2 is 1.60 bits per heavy atom. The summed E-state index contributed by atoms with van der Waals surface area (Å²) in [6, 6.07) is 19.2. The van der Waals surface area contributed by atoms with Crippen LogP contribution in [0.1, 0.15) is 11.1 Å². The average molecular weight is 262 g/mol. The van der Waals surface area contributed by atoms with Crippen molar-refractivity contribution >= 4 is 10.8 Å². The number of aromatic nitrogens is 1. The Hall–Kier alpha value is -2.19. The number of benzene rings is 2. The Kier molecular flexibility index (Phi) is 3.75. The first-order valence-electron chi connectivity index (χ1n) is 6.87. The highest BCUT2D eigenvalue weighted by molar-refractivity contribution is 5.85. The monoisotopic (exact) mass is 262 g/mol. The van der Waals surface area contributed by atoms with Crippen LogP contribution in [0.4, 0.5) is 0 Å². The van der Waals surface area contributed by atoms with Crippen molar-refractivity contribution in [3.63, 3.8) is 0 Å². The zero-order valence-corrected chi connectivity index (χ0v) is 11.7. The molecule has 0 radical (unpaired) electrons. The van der Waals surface area contributed by atoms with Gasteiger partial charge in [0.1, 0.15) is 0 Å². The van der Waals surface area contributed by atoms with Crippen molar-refractivity contribution in [3.05, 3.63) is 78.1 Å². The van der Waals surface area contributed by atoms with Gasteiger partial charge in [0.05, 0.1) is 0 Å². The van der Waals surface area contributed by atoms with Crippen molar-refractivity contribution in [1.82, 2.24) is 9.88 Å². The van der Waals surface area contributed by atoms with Gasteiger partial charge in [0, 0.05) is 25.5 Å². The molecule has 0 aliphatic rings. The lowest BCUT2D eigenvalue weighted by Gasteiger charge is -2.18. The first kappa shape index (κ1) is 12.8. The van der Waals surface area contributed by atoms with E-state index in [0.717, 1.165) is 13.1 Å². The quantitative estimate of drug-likeness (QED) is 0.709. The van der Waals surface area contributed by atoms with E-state index >= 15 is 0 Å². The lowest BCUT2D eigenvalue weighted by molar-refractivity contribution is 0.320. The second-order valence-electron chi connectivity index (χ2n) is 5.17. The largest absolute Gasteiger partial charge is 0.298 e. The number of pyridine rings is 1. The SMILES string of the molecule is CN(Cc1ccncc1)Cc1cccc2ccccc12. The Morgan fingerprint density at radius 1 is 0.850 bits per heavy atom. The fraction of sp³-hybridized carbons (Fsp3) is 0.167. The Labute approximate surface area is 119 Å². The third kappa shape index (κ3) is 2.86. The van der Waals surface area contributed by atoms with Gasteiger partial charge in [-0.15, -0.1) is 0 Å². The molecule has 0 aliphatic carbocycles. The molecule has 3 rings (SSSR count). The van der Waals surface area contributed by atoms with Gasteiger partial charge in [-0.1, -0.05) is 42.5 Å². The second kappa shape index (κ2) is 5.85. The Balaban J connectivity index is 1.79. The van der Waals surface area contributed by atoms with Crippen molar-refractivity contribution in [2.75, 3.05) is 7.05 Å². The van der Waals surface area contributed by atoms with E-state index in [1.165, 1.54) is 21.9 Å². The van der Waals surface area contributed by atoms with Gasteiger partial charge < -0.3 is 0 Å². The molecule has 0 N–H and O–H groups in total. The van der Waals surface area contributed by atoms with Crippen LogP contribution in [0.5, 0.6) is 0 Å². The minimum atomic E-state index is 0.936. The average Bonchev–Trinajstić information content (AvgIpc) is 2.48. The van der Waals surface area contributed by atoms with Gasteiger partial charge in [0.15, 0.2) is 0 Å². The lowest BCUT2D eigenvalue weighted by atomic mass is 10.0. The molecule has 0 spiro atoms. The molecule has 100 valence electrons. The molecule has 0 saturated heterocycles. The van der Waals surface area contributed by atoms with E-state index in [1.54, 1.807) is 0 Å². The zero-order chi connectivity index (χ0) is 13.8. The number of rotatable bonds is 4. The van der Waals surface area contributed by atoms with E-state index in [0.29, 0.717) is 0 Å². The number of hydrogen-bond donors (Lipinski definition) is 0. The summed E-state index contributed by atoms with van der Waals surface area (Å²) in [6.45, 7) is 1.88. The standard InChI is InChI=1S/C18H18N2/c1-20(13-15-9-11-19-12-10-15)14-17-7-4-6-16-5-2-3-8-18(16)17/h2-12H,13-14H2,1H3. The van der Waals surface area contributed by atoms with Gasteiger partial charge in [-0.3, -0.25) is 9.88 Å². The van der Waals surface area contributed by atoms with Crippen LogP contribution in [0.3, 0.4) is 0 Å². The van der Waals surface area contributed by atoms with Crippen LogP contribution in [-0.4, -0.2) is 16.9 Å². The summed E-state index contributed by atoms with van der Waals surface area (Å²) in [4.78, 5) is 6.39. The molecule has 1 aromatic heterocycles. The molecule has 0 amide bonds. The van der Waals surface area contributed by atoms with Crippen LogP contribution >= 0.6 is 0 Å². The highest BCUT2D eigenvalue weighted by Gasteiger charge is 2.05. The highest BCUT2D eigenvalue weighted by Crippen LogP contribution is 2.20. The summed E-state index contributed by atoms with van der Waals surface area (Å²) >= 11 is 0. The lowest BCUT2D eigenvalue weighted by Crippen LogP contribution is -2.17. The summed E-state index contributed by atoms with van der Waals surface area (Å²) in [7, 11) is 2.15. The van der Waals surface area contributed by atoms with Crippen molar-refractivity contribution in [1.29, 1.82) is 0 Å². The minimum absolute atomic E-state index is 0.936. The van der Waals surface area contributed by atoms with Crippen LogP contribution in [0.25, 0.3) is 10.8 Å². The van der Waals surface area contributed by atoms with E-state index in [2.05, 4.69) is 71.5 Å². The first-order chi connectivity index (χ1) is 9.83. The molecule has 2 aromatic carbocycles. The van der Waals surface area contributed by atoms with E-state index in [9.17, 15) is 0 Å². The van der Waals surface area contributed by atoms with Crippen molar-refractivity contribution in [2.24, 2.45) is 0 Å². The van der Waals surface area contributed by atoms with Crippen LogP contribution < -0.4 is 0 Å². The topological polar surface area (TPSA) is 16.1 Å². The predicted molar refractivity (Wildman–Crippen MR) is 83.4 cm³/mol. The fourth-order valence-electron chi connectivity index (χ4n) is 2.58. The van der Waals surface area contributed by atoms with E-state index in [1.807, 2.05) is 12.4 Å². The maximum absolute atomic E-state index is 4.06. The highest BCUT2D eigenvalue weighted by atomic mass is 15.1. The summed E-state index contributed by atoms with van der Waals surface area (Å²) in [5.41, 5.74) is 2.67. The molecular formula is C18H18N2. The van der Waals surface area contributed by atoms with Gasteiger partial charge >= 0.3 is 0 Å². The molecule has 0 atom stereocenters. The van der Waals surface area contributed by atoms with Crippen molar-refractivity contribution in [3.8, 4) is 0 Å². The predicted octanol–water partition coefficient (Wildman–Crippen LogP) is 3.87. The van der Waals surface area contributed by atoms with E-state index in [4.69, 9.17) is 0 Å². The van der Waals surface area contributed by atoms with Gasteiger partial charge in [-0.25, -0.2) is 0 Å². The van der Waals surface area contributed by atoms with Gasteiger partial charge in [0.25, 0.3) is 0 Å². The maximum atomic E-state index is 4.06. The molecule has 0 bridgehead atoms. The molecule has 2 heteroatoms. The van der Waals surface area contributed by atoms with Gasteiger partial charge in [-0.2, -0.15) is 0 Å². The van der Waals surface area contributed by atoms with Crippen LogP contribution in [0.2, 0.25) is 0 Å². The van der Waals surface area contributed by atoms with Crippen LogP contribution in [-0.2, 0) is 13.1 Å². The van der Waals surface area contributed by atoms with E-state index < -0.39 is 0 Å². The summed E-state index contributed by atoms with van der Waals surface area (Å²) in [5.74, 6) is 0. The first-order valence-corrected chi connectivity index (χ1v) is 6.87. The minimum Gasteiger partial charge on any atom is -0.298 e. The molecule has 0 unspecified atom stereocenters. The zero-order valence-electron chi connectivity index (χ0n) is 11.7. The normalized spacial score (nSPS) is 11.1. The van der Waals surface area contributed by atoms with E-state index in [-0.39, 0.29) is 0 Å².